The summed E-state index contributed by atoms with van der Waals surface area (Å²) in [5.41, 5.74) is 4.51. The van der Waals surface area contributed by atoms with Crippen molar-refractivity contribution in [2.45, 2.75) is 38.3 Å². The predicted molar refractivity (Wildman–Crippen MR) is 144 cm³/mol. The van der Waals surface area contributed by atoms with Gasteiger partial charge >= 0.3 is 0 Å². The number of carbonyl (C=O) groups is 2. The van der Waals surface area contributed by atoms with Crippen molar-refractivity contribution in [3.8, 4) is 5.75 Å². The Morgan fingerprint density at radius 2 is 1.90 bits per heavy atom. The number of carbonyl (C=O) groups excluding carboxylic acids is 2. The van der Waals surface area contributed by atoms with E-state index >= 15 is 0 Å². The zero-order valence-corrected chi connectivity index (χ0v) is 21.6. The maximum atomic E-state index is 13.2. The lowest BCUT2D eigenvalue weighted by Crippen LogP contribution is -2.41. The largest absolute Gasteiger partial charge is 0.484 e. The third kappa shape index (κ3) is 5.70. The van der Waals surface area contributed by atoms with Crippen molar-refractivity contribution in [1.29, 1.82) is 0 Å². The van der Waals surface area contributed by atoms with Crippen LogP contribution >= 0.6 is 0 Å². The van der Waals surface area contributed by atoms with E-state index in [1.54, 1.807) is 6.20 Å². The third-order valence-electron chi connectivity index (χ3n) is 7.21. The Morgan fingerprint density at radius 3 is 2.69 bits per heavy atom. The number of hydrogen-bond acceptors (Lipinski definition) is 6. The van der Waals surface area contributed by atoms with Crippen molar-refractivity contribution >= 4 is 11.8 Å². The van der Waals surface area contributed by atoms with Gasteiger partial charge in [0.1, 0.15) is 12.0 Å². The van der Waals surface area contributed by atoms with E-state index in [2.05, 4.69) is 33.5 Å². The molecule has 8 nitrogen and oxygen atoms in total. The highest BCUT2D eigenvalue weighted by Gasteiger charge is 2.39. The van der Waals surface area contributed by atoms with Crippen LogP contribution in [-0.4, -0.2) is 39.8 Å². The van der Waals surface area contributed by atoms with Crippen molar-refractivity contribution in [2.75, 3.05) is 13.1 Å². The van der Waals surface area contributed by atoms with Gasteiger partial charge in [-0.15, -0.1) is 0 Å². The van der Waals surface area contributed by atoms with Crippen molar-refractivity contribution in [3.05, 3.63) is 113 Å². The SMILES string of the molecule is O=C(NCCc1ccccn1)c1coc(COc2ccc3c(c2)C(c2ccccc2)N(C(=O)C2CC2)CC3)n1. The van der Waals surface area contributed by atoms with Crippen molar-refractivity contribution < 1.29 is 18.7 Å². The molecule has 1 N–H and O–H groups in total. The Labute approximate surface area is 227 Å². The number of hydrogen-bond donors (Lipinski definition) is 1. The molecular weight excluding hydrogens is 492 g/mol. The van der Waals surface area contributed by atoms with Crippen LogP contribution in [0.25, 0.3) is 0 Å². The molecule has 2 aromatic carbocycles. The molecule has 39 heavy (non-hydrogen) atoms. The van der Waals surface area contributed by atoms with Gasteiger partial charge in [-0.25, -0.2) is 4.98 Å². The van der Waals surface area contributed by atoms with Gasteiger partial charge in [-0.3, -0.25) is 14.6 Å². The van der Waals surface area contributed by atoms with Gasteiger partial charge in [0, 0.05) is 37.3 Å². The maximum Gasteiger partial charge on any atom is 0.273 e. The lowest BCUT2D eigenvalue weighted by atomic mass is 9.87. The number of nitrogens with zero attached hydrogens (tertiary/aromatic N) is 3. The number of amides is 2. The van der Waals surface area contributed by atoms with Gasteiger partial charge in [0.15, 0.2) is 12.3 Å². The van der Waals surface area contributed by atoms with Crippen LogP contribution in [0.1, 0.15) is 57.6 Å². The minimum atomic E-state index is -0.305. The minimum absolute atomic E-state index is 0.0841. The van der Waals surface area contributed by atoms with Gasteiger partial charge < -0.3 is 19.4 Å². The summed E-state index contributed by atoms with van der Waals surface area (Å²) in [7, 11) is 0. The first-order chi connectivity index (χ1) is 19.2. The van der Waals surface area contributed by atoms with Crippen molar-refractivity contribution in [2.24, 2.45) is 5.92 Å². The molecular formula is C31H30N4O4. The molecule has 1 aliphatic heterocycles. The van der Waals surface area contributed by atoms with Crippen LogP contribution in [-0.2, 0) is 24.2 Å². The first kappa shape index (κ1) is 24.9. The molecule has 1 aliphatic carbocycles. The topological polar surface area (TPSA) is 97.6 Å². The lowest BCUT2D eigenvalue weighted by Gasteiger charge is -2.38. The van der Waals surface area contributed by atoms with E-state index in [0.717, 1.165) is 36.1 Å². The van der Waals surface area contributed by atoms with Gasteiger partial charge in [-0.05, 0) is 60.2 Å². The van der Waals surface area contributed by atoms with Crippen molar-refractivity contribution in [3.63, 3.8) is 0 Å². The van der Waals surface area contributed by atoms with Crippen LogP contribution in [0.2, 0.25) is 0 Å². The molecule has 1 saturated carbocycles. The molecule has 198 valence electrons. The number of rotatable bonds is 9. The fourth-order valence-electron chi connectivity index (χ4n) is 5.05. The molecule has 0 spiro atoms. The average molecular weight is 523 g/mol. The van der Waals surface area contributed by atoms with Crippen LogP contribution in [0.4, 0.5) is 0 Å². The fourth-order valence-corrected chi connectivity index (χ4v) is 5.05. The summed E-state index contributed by atoms with van der Waals surface area (Å²) >= 11 is 0. The van der Waals surface area contributed by atoms with E-state index in [1.165, 1.54) is 11.8 Å². The highest BCUT2D eigenvalue weighted by atomic mass is 16.5. The Hall–Kier alpha value is -4.46. The summed E-state index contributed by atoms with van der Waals surface area (Å²) in [6, 6.07) is 21.8. The Kier molecular flexibility index (Phi) is 7.08. The molecule has 0 saturated heterocycles. The highest BCUT2D eigenvalue weighted by Crippen LogP contribution is 2.41. The Morgan fingerprint density at radius 1 is 1.05 bits per heavy atom. The molecule has 1 atom stereocenters. The number of ether oxygens (including phenoxy) is 1. The molecule has 4 aromatic rings. The minimum Gasteiger partial charge on any atom is -0.484 e. The fraction of sp³-hybridized carbons (Fsp3) is 0.290. The normalized spacial score (nSPS) is 16.4. The lowest BCUT2D eigenvalue weighted by molar-refractivity contribution is -0.134. The zero-order chi connectivity index (χ0) is 26.6. The summed E-state index contributed by atoms with van der Waals surface area (Å²) < 4.78 is 11.5. The second-order valence-corrected chi connectivity index (χ2v) is 9.97. The average Bonchev–Trinajstić information content (AvgIpc) is 3.73. The second kappa shape index (κ2) is 11.1. The Bertz CT molecular complexity index is 1450. The van der Waals surface area contributed by atoms with Gasteiger partial charge in [0.05, 0.1) is 6.04 Å². The molecule has 2 amide bonds. The van der Waals surface area contributed by atoms with Crippen LogP contribution in [0.15, 0.2) is 83.6 Å². The van der Waals surface area contributed by atoms with E-state index in [-0.39, 0.29) is 36.1 Å². The molecule has 0 radical (unpaired) electrons. The first-order valence-electron chi connectivity index (χ1n) is 13.4. The molecule has 8 heteroatoms. The predicted octanol–water partition coefficient (Wildman–Crippen LogP) is 4.51. The van der Waals surface area contributed by atoms with E-state index < -0.39 is 0 Å². The van der Waals surface area contributed by atoms with E-state index in [1.807, 2.05) is 53.4 Å². The van der Waals surface area contributed by atoms with E-state index in [4.69, 9.17) is 9.15 Å². The molecule has 1 unspecified atom stereocenters. The molecule has 6 rings (SSSR count). The Balaban J connectivity index is 1.12. The number of pyridine rings is 1. The summed E-state index contributed by atoms with van der Waals surface area (Å²) in [5.74, 6) is 1.07. The summed E-state index contributed by atoms with van der Waals surface area (Å²) in [6.45, 7) is 1.25. The highest BCUT2D eigenvalue weighted by molar-refractivity contribution is 5.91. The van der Waals surface area contributed by atoms with Crippen LogP contribution < -0.4 is 10.1 Å². The smallest absolute Gasteiger partial charge is 0.273 e. The molecule has 2 aliphatic rings. The van der Waals surface area contributed by atoms with Gasteiger partial charge in [0.2, 0.25) is 11.8 Å². The van der Waals surface area contributed by atoms with E-state index in [9.17, 15) is 9.59 Å². The van der Waals surface area contributed by atoms with Gasteiger partial charge in [-0.1, -0.05) is 42.5 Å². The van der Waals surface area contributed by atoms with Gasteiger partial charge in [0.25, 0.3) is 5.91 Å². The number of nitrogens with one attached hydrogen (secondary N) is 1. The third-order valence-corrected chi connectivity index (χ3v) is 7.21. The molecule has 1 fully saturated rings. The summed E-state index contributed by atoms with van der Waals surface area (Å²) in [6.07, 6.45) is 6.48. The van der Waals surface area contributed by atoms with Crippen LogP contribution in [0.3, 0.4) is 0 Å². The second-order valence-electron chi connectivity index (χ2n) is 9.97. The van der Waals surface area contributed by atoms with Crippen LogP contribution in [0.5, 0.6) is 5.75 Å². The first-order valence-corrected chi connectivity index (χ1v) is 13.4. The molecule has 2 aromatic heterocycles. The van der Waals surface area contributed by atoms with Crippen molar-refractivity contribution in [1.82, 2.24) is 20.2 Å². The summed E-state index contributed by atoms with van der Waals surface area (Å²) in [5, 5.41) is 2.84. The van der Waals surface area contributed by atoms with Gasteiger partial charge in [-0.2, -0.15) is 0 Å². The standard InChI is InChI=1S/C31H30N4O4/c36-30(33-16-13-24-8-4-5-15-32-24)27-19-39-28(34-27)20-38-25-12-11-21-14-17-35(31(37)23-9-10-23)29(26(21)18-25)22-6-2-1-3-7-22/h1-8,11-12,15,18-19,23,29H,9-10,13-14,16-17,20H2,(H,33,36). The molecule has 0 bridgehead atoms. The summed E-state index contributed by atoms with van der Waals surface area (Å²) in [4.78, 5) is 36.2. The number of oxazole rings is 1. The number of fused-ring (bicyclic) bond motifs is 1. The number of benzene rings is 2. The maximum absolute atomic E-state index is 13.2. The monoisotopic (exact) mass is 522 g/mol. The number of aromatic nitrogens is 2. The molecule has 3 heterocycles. The van der Waals surface area contributed by atoms with E-state index in [0.29, 0.717) is 31.2 Å². The van der Waals surface area contributed by atoms with Crippen LogP contribution in [0, 0.1) is 5.92 Å². The quantitative estimate of drug-likeness (QED) is 0.348. The zero-order valence-electron chi connectivity index (χ0n) is 21.6.